The zero-order chi connectivity index (χ0) is 12.8. The molecule has 1 aromatic heterocycles. The normalized spacial score (nSPS) is 21.1. The summed E-state index contributed by atoms with van der Waals surface area (Å²) >= 11 is 6.15. The highest BCUT2D eigenvalue weighted by atomic mass is 35.5. The summed E-state index contributed by atoms with van der Waals surface area (Å²) in [5.41, 5.74) is 1.15. The van der Waals surface area contributed by atoms with Crippen molar-refractivity contribution in [2.45, 2.75) is 38.3 Å². The first-order valence-electron chi connectivity index (χ1n) is 6.79. The Kier molecular flexibility index (Phi) is 5.42. The standard InChI is InChI=1S/C14H22ClN3/c1-16-9-7-13-6-2-3-10-18(13)11-12-5-4-8-17-14(12)15/h4-5,8,13,16H,2-3,6-7,9-11H2,1H3. The van der Waals surface area contributed by atoms with Gasteiger partial charge in [-0.25, -0.2) is 4.98 Å². The molecule has 100 valence electrons. The minimum atomic E-state index is 0.649. The van der Waals surface area contributed by atoms with Crippen molar-refractivity contribution < 1.29 is 0 Å². The van der Waals surface area contributed by atoms with E-state index in [1.807, 2.05) is 13.1 Å². The molecule has 1 fully saturated rings. The predicted molar refractivity (Wildman–Crippen MR) is 75.8 cm³/mol. The van der Waals surface area contributed by atoms with Crippen molar-refractivity contribution in [3.8, 4) is 0 Å². The molecule has 18 heavy (non-hydrogen) atoms. The van der Waals surface area contributed by atoms with E-state index in [-0.39, 0.29) is 0 Å². The van der Waals surface area contributed by atoms with Crippen LogP contribution < -0.4 is 5.32 Å². The monoisotopic (exact) mass is 267 g/mol. The Morgan fingerprint density at radius 3 is 3.17 bits per heavy atom. The smallest absolute Gasteiger partial charge is 0.133 e. The van der Waals surface area contributed by atoms with E-state index in [1.165, 1.54) is 32.2 Å². The van der Waals surface area contributed by atoms with Crippen LogP contribution in [0.2, 0.25) is 5.15 Å². The van der Waals surface area contributed by atoms with Crippen LogP contribution in [0.4, 0.5) is 0 Å². The summed E-state index contributed by atoms with van der Waals surface area (Å²) in [6, 6.07) is 4.73. The van der Waals surface area contributed by atoms with Crippen molar-refractivity contribution >= 4 is 11.6 Å². The Balaban J connectivity index is 1.98. The van der Waals surface area contributed by atoms with Crippen molar-refractivity contribution in [1.29, 1.82) is 0 Å². The van der Waals surface area contributed by atoms with Gasteiger partial charge >= 0.3 is 0 Å². The predicted octanol–water partition coefficient (Wildman–Crippen LogP) is 2.70. The number of piperidine rings is 1. The quantitative estimate of drug-likeness (QED) is 0.832. The molecule has 1 N–H and O–H groups in total. The van der Waals surface area contributed by atoms with Gasteiger partial charge in [-0.15, -0.1) is 0 Å². The highest BCUT2D eigenvalue weighted by molar-refractivity contribution is 6.30. The fourth-order valence-electron chi connectivity index (χ4n) is 2.66. The minimum absolute atomic E-state index is 0.649. The van der Waals surface area contributed by atoms with Gasteiger partial charge in [0.15, 0.2) is 0 Å². The minimum Gasteiger partial charge on any atom is -0.320 e. The van der Waals surface area contributed by atoms with Crippen molar-refractivity contribution in [3.63, 3.8) is 0 Å². The van der Waals surface area contributed by atoms with Gasteiger partial charge in [0.2, 0.25) is 0 Å². The highest BCUT2D eigenvalue weighted by Crippen LogP contribution is 2.23. The number of rotatable bonds is 5. The molecule has 0 radical (unpaired) electrons. The summed E-state index contributed by atoms with van der Waals surface area (Å²) in [5, 5.41) is 3.89. The third-order valence-corrected chi connectivity index (χ3v) is 4.03. The van der Waals surface area contributed by atoms with Crippen LogP contribution in [0.1, 0.15) is 31.2 Å². The van der Waals surface area contributed by atoms with Gasteiger partial charge in [-0.1, -0.05) is 24.1 Å². The van der Waals surface area contributed by atoms with Crippen molar-refractivity contribution in [2.24, 2.45) is 0 Å². The summed E-state index contributed by atoms with van der Waals surface area (Å²) in [7, 11) is 2.02. The largest absolute Gasteiger partial charge is 0.320 e. The molecule has 0 bridgehead atoms. The zero-order valence-corrected chi connectivity index (χ0v) is 11.8. The number of likely N-dealkylation sites (tertiary alicyclic amines) is 1. The second kappa shape index (κ2) is 7.07. The number of halogens is 1. The van der Waals surface area contributed by atoms with Crippen LogP contribution in [0, 0.1) is 0 Å². The lowest BCUT2D eigenvalue weighted by molar-refractivity contribution is 0.132. The lowest BCUT2D eigenvalue weighted by Crippen LogP contribution is -2.40. The van der Waals surface area contributed by atoms with Gasteiger partial charge < -0.3 is 5.32 Å². The molecule has 1 saturated heterocycles. The summed E-state index contributed by atoms with van der Waals surface area (Å²) < 4.78 is 0. The van der Waals surface area contributed by atoms with Crippen LogP contribution in [-0.4, -0.2) is 36.1 Å². The van der Waals surface area contributed by atoms with Crippen LogP contribution in [0.15, 0.2) is 18.3 Å². The molecule has 0 amide bonds. The molecule has 3 nitrogen and oxygen atoms in total. The molecule has 1 unspecified atom stereocenters. The van der Waals surface area contributed by atoms with Crippen LogP contribution in [0.3, 0.4) is 0 Å². The molecule has 1 aromatic rings. The summed E-state index contributed by atoms with van der Waals surface area (Å²) in [5.74, 6) is 0. The maximum atomic E-state index is 6.15. The zero-order valence-electron chi connectivity index (χ0n) is 11.0. The molecule has 1 aliphatic rings. The summed E-state index contributed by atoms with van der Waals surface area (Å²) in [4.78, 5) is 6.72. The molecule has 2 rings (SSSR count). The topological polar surface area (TPSA) is 28.2 Å². The first kappa shape index (κ1) is 13.8. The molecule has 0 spiro atoms. The second-order valence-electron chi connectivity index (χ2n) is 4.97. The van der Waals surface area contributed by atoms with Crippen molar-refractivity contribution in [1.82, 2.24) is 15.2 Å². The number of hydrogen-bond donors (Lipinski definition) is 1. The molecule has 4 heteroatoms. The van der Waals surface area contributed by atoms with Gasteiger partial charge in [-0.3, -0.25) is 4.90 Å². The first-order chi connectivity index (χ1) is 8.81. The van der Waals surface area contributed by atoms with Crippen LogP contribution in [0.5, 0.6) is 0 Å². The fraction of sp³-hybridized carbons (Fsp3) is 0.643. The molecule has 2 heterocycles. The number of nitrogens with one attached hydrogen (secondary N) is 1. The third-order valence-electron chi connectivity index (χ3n) is 3.69. The van der Waals surface area contributed by atoms with E-state index in [9.17, 15) is 0 Å². The number of hydrogen-bond acceptors (Lipinski definition) is 3. The molecule has 0 aliphatic carbocycles. The lowest BCUT2D eigenvalue weighted by atomic mass is 9.98. The van der Waals surface area contributed by atoms with E-state index in [2.05, 4.69) is 21.3 Å². The SMILES string of the molecule is CNCCC1CCCCN1Cc1cccnc1Cl. The molecular formula is C14H22ClN3. The maximum Gasteiger partial charge on any atom is 0.133 e. The van der Waals surface area contributed by atoms with Crippen LogP contribution in [-0.2, 0) is 6.54 Å². The Hall–Kier alpha value is -0.640. The third kappa shape index (κ3) is 3.67. The van der Waals surface area contributed by atoms with Crippen LogP contribution in [0.25, 0.3) is 0 Å². The number of nitrogens with zero attached hydrogens (tertiary/aromatic N) is 2. The fourth-order valence-corrected chi connectivity index (χ4v) is 2.84. The Labute approximate surface area is 115 Å². The average molecular weight is 268 g/mol. The van der Waals surface area contributed by atoms with Gasteiger partial charge in [-0.2, -0.15) is 0 Å². The first-order valence-corrected chi connectivity index (χ1v) is 7.17. The Morgan fingerprint density at radius 2 is 2.39 bits per heavy atom. The second-order valence-corrected chi connectivity index (χ2v) is 5.32. The molecule has 1 atom stereocenters. The number of aromatic nitrogens is 1. The molecule has 0 saturated carbocycles. The van der Waals surface area contributed by atoms with Crippen molar-refractivity contribution in [3.05, 3.63) is 29.0 Å². The van der Waals surface area contributed by atoms with Gasteiger partial charge in [0.1, 0.15) is 5.15 Å². The Bertz CT molecular complexity index is 370. The van der Waals surface area contributed by atoms with E-state index >= 15 is 0 Å². The lowest BCUT2D eigenvalue weighted by Gasteiger charge is -2.36. The summed E-state index contributed by atoms with van der Waals surface area (Å²) in [6.45, 7) is 3.20. The molecule has 0 aromatic carbocycles. The van der Waals surface area contributed by atoms with E-state index in [0.717, 1.165) is 18.7 Å². The van der Waals surface area contributed by atoms with E-state index in [1.54, 1.807) is 6.20 Å². The van der Waals surface area contributed by atoms with Gasteiger partial charge in [-0.05, 0) is 45.5 Å². The van der Waals surface area contributed by atoms with E-state index < -0.39 is 0 Å². The van der Waals surface area contributed by atoms with Crippen molar-refractivity contribution in [2.75, 3.05) is 20.1 Å². The molecular weight excluding hydrogens is 246 g/mol. The molecule has 1 aliphatic heterocycles. The van der Waals surface area contributed by atoms with E-state index in [4.69, 9.17) is 11.6 Å². The maximum absolute atomic E-state index is 6.15. The number of pyridine rings is 1. The van der Waals surface area contributed by atoms with Gasteiger partial charge in [0.05, 0.1) is 0 Å². The van der Waals surface area contributed by atoms with Gasteiger partial charge in [0, 0.05) is 24.3 Å². The van der Waals surface area contributed by atoms with Gasteiger partial charge in [0.25, 0.3) is 0 Å². The average Bonchev–Trinajstić information content (AvgIpc) is 2.40. The Morgan fingerprint density at radius 1 is 1.50 bits per heavy atom. The van der Waals surface area contributed by atoms with Crippen LogP contribution >= 0.6 is 11.6 Å². The summed E-state index contributed by atoms with van der Waals surface area (Å²) in [6.07, 6.45) is 6.92. The highest BCUT2D eigenvalue weighted by Gasteiger charge is 2.22. The van der Waals surface area contributed by atoms with E-state index in [0.29, 0.717) is 11.2 Å².